The molecule has 0 aromatic heterocycles. The van der Waals surface area contributed by atoms with Gasteiger partial charge in [-0.25, -0.2) is 9.36 Å². The van der Waals surface area contributed by atoms with Crippen molar-refractivity contribution in [2.45, 2.75) is 116 Å². The Morgan fingerprint density at radius 1 is 0.838 bits per heavy atom. The highest BCUT2D eigenvalue weighted by atomic mass is 31.2. The van der Waals surface area contributed by atoms with Crippen molar-refractivity contribution in [2.75, 3.05) is 54.1 Å². The van der Waals surface area contributed by atoms with E-state index in [1.807, 2.05) is 21.1 Å². The predicted octanol–water partition coefficient (Wildman–Crippen LogP) is 6.14. The average Bonchev–Trinajstić information content (AvgIpc) is 2.80. The number of primary amides is 1. The number of nitrogens with two attached hydrogens (primary N) is 1. The Morgan fingerprint density at radius 3 is 1.73 bits per heavy atom. The zero-order valence-electron chi connectivity index (χ0n) is 24.4. The van der Waals surface area contributed by atoms with Gasteiger partial charge < -0.3 is 25.2 Å². The standard InChI is InChI=1S/C27H58N3O6P/c1-5-6-7-8-9-10-11-12-13-14-15-16-17-18-19-20-22-34-25-26(24-29-27(28)31)36-37(32,33)35-23-21-30(2,3)4/h26H,5-25H2,1-4H3,(H3-,28,29,31,32,33)/p+1. The number of nitrogens with zero attached hydrogens (tertiary/aromatic N) is 1. The Hall–Kier alpha value is -0.700. The van der Waals surface area contributed by atoms with E-state index in [0.29, 0.717) is 17.6 Å². The number of likely N-dealkylation sites (N-methyl/N-ethyl adjacent to an activating group) is 1. The number of phosphoric ester groups is 1. The third-order valence-corrected chi connectivity index (χ3v) is 7.32. The number of hydrogen-bond acceptors (Lipinski definition) is 5. The Bertz CT molecular complexity index is 589. The van der Waals surface area contributed by atoms with Gasteiger partial charge in [-0.2, -0.15) is 0 Å². The van der Waals surface area contributed by atoms with Crippen LogP contribution >= 0.6 is 7.82 Å². The van der Waals surface area contributed by atoms with Crippen LogP contribution in [0.25, 0.3) is 0 Å². The molecule has 0 aliphatic heterocycles. The zero-order valence-corrected chi connectivity index (χ0v) is 25.3. The molecule has 222 valence electrons. The van der Waals surface area contributed by atoms with Crippen LogP contribution in [0.4, 0.5) is 4.79 Å². The monoisotopic (exact) mass is 552 g/mol. The average molecular weight is 553 g/mol. The fourth-order valence-electron chi connectivity index (χ4n) is 3.96. The molecule has 0 aliphatic carbocycles. The van der Waals surface area contributed by atoms with E-state index in [-0.39, 0.29) is 19.8 Å². The summed E-state index contributed by atoms with van der Waals surface area (Å²) in [6.07, 6.45) is 20.1. The second kappa shape index (κ2) is 23.2. The van der Waals surface area contributed by atoms with Gasteiger partial charge in [-0.15, -0.1) is 0 Å². The normalized spacial score (nSPS) is 14.4. The molecule has 37 heavy (non-hydrogen) atoms. The maximum atomic E-state index is 12.3. The van der Waals surface area contributed by atoms with Crippen LogP contribution in [0.3, 0.4) is 0 Å². The molecule has 0 aliphatic rings. The van der Waals surface area contributed by atoms with Crippen molar-refractivity contribution in [1.82, 2.24) is 5.32 Å². The fourth-order valence-corrected chi connectivity index (χ4v) is 4.84. The molecule has 2 amide bonds. The van der Waals surface area contributed by atoms with Gasteiger partial charge in [0.1, 0.15) is 19.3 Å². The molecule has 0 rings (SSSR count). The number of unbranched alkanes of at least 4 members (excludes halogenated alkanes) is 15. The second-order valence-corrected chi connectivity index (χ2v) is 12.6. The molecular weight excluding hydrogens is 493 g/mol. The van der Waals surface area contributed by atoms with Crippen molar-refractivity contribution >= 4 is 13.9 Å². The molecule has 4 N–H and O–H groups in total. The summed E-state index contributed by atoms with van der Waals surface area (Å²) < 4.78 is 28.8. The van der Waals surface area contributed by atoms with Crippen LogP contribution in [0.1, 0.15) is 110 Å². The number of ether oxygens (including phenoxy) is 1. The van der Waals surface area contributed by atoms with Crippen molar-refractivity contribution in [2.24, 2.45) is 5.73 Å². The van der Waals surface area contributed by atoms with Crippen molar-refractivity contribution in [3.05, 3.63) is 0 Å². The summed E-state index contributed by atoms with van der Waals surface area (Å²) >= 11 is 0. The molecule has 10 heteroatoms. The first-order valence-corrected chi connectivity index (χ1v) is 16.1. The summed E-state index contributed by atoms with van der Waals surface area (Å²) in [6.45, 7) is 3.47. The number of hydrogen-bond donors (Lipinski definition) is 3. The van der Waals surface area contributed by atoms with Crippen LogP contribution in [0.5, 0.6) is 0 Å². The molecule has 2 atom stereocenters. The van der Waals surface area contributed by atoms with Crippen LogP contribution in [0, 0.1) is 0 Å². The van der Waals surface area contributed by atoms with Crippen LogP contribution in [0.15, 0.2) is 0 Å². The molecule has 0 aromatic rings. The number of carbonyl (C=O) groups excluding carboxylic acids is 1. The molecule has 0 saturated carbocycles. The van der Waals surface area contributed by atoms with Gasteiger partial charge in [0.25, 0.3) is 0 Å². The molecule has 0 fully saturated rings. The van der Waals surface area contributed by atoms with E-state index in [1.165, 1.54) is 89.9 Å². The van der Waals surface area contributed by atoms with Gasteiger partial charge in [-0.1, -0.05) is 103 Å². The van der Waals surface area contributed by atoms with Crippen LogP contribution in [0.2, 0.25) is 0 Å². The Labute approximate surface area is 227 Å². The first-order chi connectivity index (χ1) is 17.6. The Balaban J connectivity index is 3.79. The lowest BCUT2D eigenvalue weighted by molar-refractivity contribution is -0.870. The molecule has 0 heterocycles. The number of amides is 2. The van der Waals surface area contributed by atoms with E-state index in [0.717, 1.165) is 12.8 Å². The molecule has 0 aromatic carbocycles. The highest BCUT2D eigenvalue weighted by Gasteiger charge is 2.28. The topological polar surface area (TPSA) is 120 Å². The lowest BCUT2D eigenvalue weighted by Gasteiger charge is -2.25. The minimum absolute atomic E-state index is 0.0302. The largest absolute Gasteiger partial charge is 0.472 e. The van der Waals surface area contributed by atoms with E-state index in [2.05, 4.69) is 12.2 Å². The van der Waals surface area contributed by atoms with E-state index < -0.39 is 20.0 Å². The number of urea groups is 1. The van der Waals surface area contributed by atoms with Gasteiger partial charge in [0.2, 0.25) is 0 Å². The summed E-state index contributed by atoms with van der Waals surface area (Å²) in [4.78, 5) is 21.0. The van der Waals surface area contributed by atoms with Crippen molar-refractivity contribution in [3.63, 3.8) is 0 Å². The third-order valence-electron chi connectivity index (χ3n) is 6.25. The lowest BCUT2D eigenvalue weighted by atomic mass is 10.0. The summed E-state index contributed by atoms with van der Waals surface area (Å²) in [6, 6.07) is -0.731. The maximum Gasteiger partial charge on any atom is 0.472 e. The van der Waals surface area contributed by atoms with Crippen LogP contribution in [-0.4, -0.2) is 75.6 Å². The van der Waals surface area contributed by atoms with Crippen LogP contribution in [-0.2, 0) is 18.3 Å². The Kier molecular flexibility index (Phi) is 22.8. The number of rotatable bonds is 27. The molecule has 0 radical (unpaired) electrons. The summed E-state index contributed by atoms with van der Waals surface area (Å²) in [5, 5.41) is 2.40. The predicted molar refractivity (Wildman–Crippen MR) is 152 cm³/mol. The van der Waals surface area contributed by atoms with E-state index in [9.17, 15) is 14.3 Å². The molecule has 2 unspecified atom stereocenters. The van der Waals surface area contributed by atoms with E-state index in [4.69, 9.17) is 19.5 Å². The first kappa shape index (κ1) is 36.3. The highest BCUT2D eigenvalue weighted by Crippen LogP contribution is 2.44. The van der Waals surface area contributed by atoms with Gasteiger partial charge in [0, 0.05) is 13.2 Å². The highest BCUT2D eigenvalue weighted by molar-refractivity contribution is 7.47. The smallest absolute Gasteiger partial charge is 0.379 e. The maximum absolute atomic E-state index is 12.3. The quantitative estimate of drug-likeness (QED) is 0.0639. The summed E-state index contributed by atoms with van der Waals surface area (Å²) in [7, 11) is 1.60. The molecule has 9 nitrogen and oxygen atoms in total. The lowest BCUT2D eigenvalue weighted by Crippen LogP contribution is -2.39. The summed E-state index contributed by atoms with van der Waals surface area (Å²) in [5.41, 5.74) is 5.12. The number of nitrogens with one attached hydrogen (secondary N) is 1. The zero-order chi connectivity index (χ0) is 27.8. The number of phosphoric acid groups is 1. The minimum Gasteiger partial charge on any atom is -0.379 e. The van der Waals surface area contributed by atoms with E-state index >= 15 is 0 Å². The first-order valence-electron chi connectivity index (χ1n) is 14.6. The fraction of sp³-hybridized carbons (Fsp3) is 0.963. The third kappa shape index (κ3) is 28.1. The minimum atomic E-state index is -4.27. The SMILES string of the molecule is CCCCCCCCCCCCCCCCCCOCC(CNC(N)=O)OP(=O)(O)OCC[N+](C)(C)C. The van der Waals surface area contributed by atoms with Crippen molar-refractivity contribution < 1.29 is 32.5 Å². The van der Waals surface area contributed by atoms with Crippen molar-refractivity contribution in [1.29, 1.82) is 0 Å². The van der Waals surface area contributed by atoms with Gasteiger partial charge in [0.15, 0.2) is 0 Å². The summed E-state index contributed by atoms with van der Waals surface area (Å²) in [5.74, 6) is 0. The van der Waals surface area contributed by atoms with Crippen molar-refractivity contribution in [3.8, 4) is 0 Å². The molecule has 0 spiro atoms. The Morgan fingerprint density at radius 2 is 1.30 bits per heavy atom. The second-order valence-electron chi connectivity index (χ2n) is 11.2. The van der Waals surface area contributed by atoms with Crippen LogP contribution < -0.4 is 11.1 Å². The van der Waals surface area contributed by atoms with Gasteiger partial charge >= 0.3 is 13.9 Å². The van der Waals surface area contributed by atoms with Gasteiger partial charge in [-0.3, -0.25) is 9.05 Å². The van der Waals surface area contributed by atoms with Gasteiger partial charge in [0.05, 0.1) is 27.7 Å². The molecular formula is C27H59N3O6P+. The molecule has 0 bridgehead atoms. The number of carbonyl (C=O) groups is 1. The van der Waals surface area contributed by atoms with E-state index in [1.54, 1.807) is 0 Å². The number of quaternary nitrogens is 1. The molecule has 0 saturated heterocycles. The van der Waals surface area contributed by atoms with Gasteiger partial charge in [-0.05, 0) is 6.42 Å².